The summed E-state index contributed by atoms with van der Waals surface area (Å²) >= 11 is 6.93. The number of carbonyl (C=O) groups excluding carboxylic acids is 1. The van der Waals surface area contributed by atoms with Crippen LogP contribution in [0.4, 0.5) is 5.69 Å². The lowest BCUT2D eigenvalue weighted by atomic mass is 10.1. The Morgan fingerprint density at radius 1 is 1.30 bits per heavy atom. The van der Waals surface area contributed by atoms with Crippen LogP contribution in [0.2, 0.25) is 0 Å². The molecule has 0 spiro atoms. The fourth-order valence-electron chi connectivity index (χ4n) is 2.68. The van der Waals surface area contributed by atoms with Gasteiger partial charge in [-0.1, -0.05) is 6.58 Å². The number of nitrogens with zero attached hydrogens (tertiary/aromatic N) is 2. The largest absolute Gasteiger partial charge is 0.487 e. The molecule has 0 atom stereocenters. The van der Waals surface area contributed by atoms with Gasteiger partial charge in [0.2, 0.25) is 5.90 Å². The second-order valence-electron chi connectivity index (χ2n) is 6.65. The van der Waals surface area contributed by atoms with Crippen LogP contribution in [-0.4, -0.2) is 23.4 Å². The second-order valence-corrected chi connectivity index (χ2v) is 8.36. The van der Waals surface area contributed by atoms with E-state index in [0.29, 0.717) is 38.0 Å². The molecule has 2 aromatic rings. The average Bonchev–Trinajstić information content (AvgIpc) is 3.01. The monoisotopic (exact) mass is 534 g/mol. The highest BCUT2D eigenvalue weighted by molar-refractivity contribution is 9.11. The topological polar surface area (TPSA) is 91.0 Å². The Bertz CT molecular complexity index is 1120. The van der Waals surface area contributed by atoms with Crippen molar-refractivity contribution in [1.82, 2.24) is 0 Å². The van der Waals surface area contributed by atoms with Crippen LogP contribution < -0.4 is 4.74 Å². The quantitative estimate of drug-likeness (QED) is 0.155. The number of cyclic esters (lactones) is 1. The molecule has 0 unspecified atom stereocenters. The Labute approximate surface area is 189 Å². The molecule has 0 bridgehead atoms. The predicted octanol–water partition coefficient (Wildman–Crippen LogP) is 5.73. The molecule has 30 heavy (non-hydrogen) atoms. The Morgan fingerprint density at radius 2 is 1.97 bits per heavy atom. The smallest absolute Gasteiger partial charge is 0.363 e. The summed E-state index contributed by atoms with van der Waals surface area (Å²) in [6.45, 7) is 7.67. The molecule has 0 amide bonds. The van der Waals surface area contributed by atoms with Crippen LogP contribution in [0.3, 0.4) is 0 Å². The molecule has 2 aromatic carbocycles. The van der Waals surface area contributed by atoms with Gasteiger partial charge >= 0.3 is 5.97 Å². The van der Waals surface area contributed by atoms with Crippen molar-refractivity contribution in [2.24, 2.45) is 4.99 Å². The number of hydrogen-bond donors (Lipinski definition) is 0. The lowest BCUT2D eigenvalue weighted by molar-refractivity contribution is -0.385. The van der Waals surface area contributed by atoms with E-state index in [2.05, 4.69) is 43.4 Å². The summed E-state index contributed by atoms with van der Waals surface area (Å²) in [7, 11) is 0. The lowest BCUT2D eigenvalue weighted by Gasteiger charge is -2.11. The van der Waals surface area contributed by atoms with Crippen molar-refractivity contribution >= 4 is 55.5 Å². The van der Waals surface area contributed by atoms with Crippen molar-refractivity contribution in [2.45, 2.75) is 13.8 Å². The molecule has 0 aliphatic carbocycles. The Morgan fingerprint density at radius 3 is 2.53 bits per heavy atom. The van der Waals surface area contributed by atoms with Crippen molar-refractivity contribution in [3.63, 3.8) is 0 Å². The summed E-state index contributed by atoms with van der Waals surface area (Å²) in [5.41, 5.74) is 2.64. The van der Waals surface area contributed by atoms with Gasteiger partial charge in [-0.3, -0.25) is 10.1 Å². The van der Waals surface area contributed by atoms with Gasteiger partial charge in [0, 0.05) is 17.2 Å². The summed E-state index contributed by atoms with van der Waals surface area (Å²) in [5.74, 6) is 0.124. The minimum absolute atomic E-state index is 0.0110. The molecule has 9 heteroatoms. The summed E-state index contributed by atoms with van der Waals surface area (Å²) in [6, 6.07) is 8.01. The van der Waals surface area contributed by atoms with Gasteiger partial charge in [0.05, 0.1) is 13.9 Å². The first kappa shape index (κ1) is 21.9. The van der Waals surface area contributed by atoms with Crippen LogP contribution in [0.15, 0.2) is 62.1 Å². The number of carbonyl (C=O) groups is 1. The maximum absolute atomic E-state index is 12.3. The Hall–Kier alpha value is -2.78. The first-order chi connectivity index (χ1) is 14.2. The molecule has 154 valence electrons. The first-order valence-electron chi connectivity index (χ1n) is 8.70. The second kappa shape index (κ2) is 8.93. The summed E-state index contributed by atoms with van der Waals surface area (Å²) in [6.07, 6.45) is 1.59. The van der Waals surface area contributed by atoms with Crippen molar-refractivity contribution in [2.75, 3.05) is 6.61 Å². The molecular formula is C21H16Br2N2O5. The highest BCUT2D eigenvalue weighted by Crippen LogP contribution is 2.36. The number of rotatable bonds is 6. The van der Waals surface area contributed by atoms with Crippen LogP contribution >= 0.6 is 31.9 Å². The number of nitro benzene ring substituents is 1. The van der Waals surface area contributed by atoms with E-state index in [1.807, 2.05) is 6.92 Å². The van der Waals surface area contributed by atoms with Gasteiger partial charge in [0.25, 0.3) is 5.69 Å². The third kappa shape index (κ3) is 4.85. The number of aryl methyl sites for hydroxylation is 1. The number of hydrogen-bond acceptors (Lipinski definition) is 6. The Kier molecular flexibility index (Phi) is 6.52. The molecule has 0 saturated heterocycles. The fourth-order valence-corrected chi connectivity index (χ4v) is 4.13. The zero-order chi connectivity index (χ0) is 22.0. The average molecular weight is 536 g/mol. The molecule has 0 aromatic heterocycles. The zero-order valence-electron chi connectivity index (χ0n) is 16.1. The molecule has 0 N–H and O–H groups in total. The molecule has 1 aliphatic rings. The first-order valence-corrected chi connectivity index (χ1v) is 10.3. The van der Waals surface area contributed by atoms with E-state index in [0.717, 1.165) is 5.57 Å². The molecule has 0 saturated carbocycles. The van der Waals surface area contributed by atoms with Gasteiger partial charge in [0.1, 0.15) is 12.4 Å². The van der Waals surface area contributed by atoms with Gasteiger partial charge in [-0.15, -0.1) is 0 Å². The maximum Gasteiger partial charge on any atom is 0.363 e. The molecule has 0 radical (unpaired) electrons. The van der Waals surface area contributed by atoms with Crippen LogP contribution in [0.5, 0.6) is 5.75 Å². The lowest BCUT2D eigenvalue weighted by Crippen LogP contribution is -2.06. The van der Waals surface area contributed by atoms with E-state index >= 15 is 0 Å². The van der Waals surface area contributed by atoms with E-state index in [1.54, 1.807) is 31.2 Å². The van der Waals surface area contributed by atoms with E-state index in [-0.39, 0.29) is 17.3 Å². The zero-order valence-corrected chi connectivity index (χ0v) is 19.2. The standard InChI is InChI=1S/C21H16Br2N2O5/c1-11(2)10-29-19-15(22)7-13(8-16(19)23)9-17-21(26)30-20(24-17)14-4-5-18(25(27)28)12(3)6-14/h4-9H,1,10H2,2-3H3/b17-9-. The summed E-state index contributed by atoms with van der Waals surface area (Å²) in [5, 5.41) is 11.0. The van der Waals surface area contributed by atoms with Gasteiger partial charge in [0.15, 0.2) is 5.70 Å². The molecular weight excluding hydrogens is 520 g/mol. The fraction of sp³-hybridized carbons (Fsp3) is 0.143. The minimum Gasteiger partial charge on any atom is -0.487 e. The summed E-state index contributed by atoms with van der Waals surface area (Å²) in [4.78, 5) is 27.0. The van der Waals surface area contributed by atoms with Crippen molar-refractivity contribution in [3.8, 4) is 5.75 Å². The number of nitro groups is 1. The predicted molar refractivity (Wildman–Crippen MR) is 121 cm³/mol. The van der Waals surface area contributed by atoms with Crippen LogP contribution in [0, 0.1) is 17.0 Å². The van der Waals surface area contributed by atoms with E-state index < -0.39 is 10.9 Å². The maximum atomic E-state index is 12.3. The SMILES string of the molecule is C=C(C)COc1c(Br)cc(/C=C2\N=C(c3ccc([N+](=O)[O-])c(C)c3)OC2=O)cc1Br. The third-order valence-corrected chi connectivity index (χ3v) is 5.23. The normalized spacial score (nSPS) is 14.5. The van der Waals surface area contributed by atoms with Gasteiger partial charge in [-0.25, -0.2) is 9.79 Å². The van der Waals surface area contributed by atoms with Crippen LogP contribution in [0.1, 0.15) is 23.6 Å². The molecule has 1 aliphatic heterocycles. The van der Waals surface area contributed by atoms with Crippen LogP contribution in [-0.2, 0) is 9.53 Å². The molecule has 1 heterocycles. The van der Waals surface area contributed by atoms with E-state index in [4.69, 9.17) is 9.47 Å². The van der Waals surface area contributed by atoms with Crippen molar-refractivity contribution < 1.29 is 19.2 Å². The van der Waals surface area contributed by atoms with Gasteiger partial charge < -0.3 is 9.47 Å². The van der Waals surface area contributed by atoms with Gasteiger partial charge in [-0.05, 0) is 87.2 Å². The van der Waals surface area contributed by atoms with Crippen molar-refractivity contribution in [1.29, 1.82) is 0 Å². The number of benzene rings is 2. The van der Waals surface area contributed by atoms with E-state index in [1.165, 1.54) is 12.1 Å². The van der Waals surface area contributed by atoms with E-state index in [9.17, 15) is 14.9 Å². The number of aliphatic imine (C=N–C) groups is 1. The third-order valence-electron chi connectivity index (χ3n) is 4.05. The number of halogens is 2. The molecule has 0 fully saturated rings. The summed E-state index contributed by atoms with van der Waals surface area (Å²) < 4.78 is 12.4. The highest BCUT2D eigenvalue weighted by Gasteiger charge is 2.25. The highest BCUT2D eigenvalue weighted by atomic mass is 79.9. The minimum atomic E-state index is -0.601. The number of ether oxygens (including phenoxy) is 2. The number of esters is 1. The molecule has 7 nitrogen and oxygen atoms in total. The van der Waals surface area contributed by atoms with Crippen LogP contribution in [0.25, 0.3) is 6.08 Å². The van der Waals surface area contributed by atoms with Crippen molar-refractivity contribution in [3.05, 3.63) is 83.9 Å². The molecule has 3 rings (SSSR count). The Balaban J connectivity index is 1.90. The van der Waals surface area contributed by atoms with Gasteiger partial charge in [-0.2, -0.15) is 0 Å².